The average Bonchev–Trinajstić information content (AvgIpc) is 2.37. The van der Waals surface area contributed by atoms with Gasteiger partial charge in [0.1, 0.15) is 0 Å². The molecule has 0 aliphatic carbocycles. The summed E-state index contributed by atoms with van der Waals surface area (Å²) < 4.78 is 9.55. The third-order valence-electron chi connectivity index (χ3n) is 2.91. The highest BCUT2D eigenvalue weighted by atomic mass is 16.5. The Balaban J connectivity index is 0.000000873. The Labute approximate surface area is 111 Å². The van der Waals surface area contributed by atoms with E-state index in [0.29, 0.717) is 5.92 Å². The zero-order valence-corrected chi connectivity index (χ0v) is 12.1. The lowest BCUT2D eigenvalue weighted by molar-refractivity contribution is -0.125. The van der Waals surface area contributed by atoms with Crippen molar-refractivity contribution in [2.75, 3.05) is 27.4 Å². The van der Waals surface area contributed by atoms with Gasteiger partial charge in [0.05, 0.1) is 6.04 Å². The molecule has 1 aliphatic heterocycles. The fourth-order valence-corrected chi connectivity index (χ4v) is 1.99. The Morgan fingerprint density at radius 1 is 1.39 bits per heavy atom. The van der Waals surface area contributed by atoms with Crippen molar-refractivity contribution in [1.82, 2.24) is 5.32 Å². The first-order valence-electron chi connectivity index (χ1n) is 6.47. The molecule has 1 N–H and O–H groups in total. The first-order chi connectivity index (χ1) is 8.58. The molecule has 0 bridgehead atoms. The predicted octanol–water partition coefficient (Wildman–Crippen LogP) is 2.00. The van der Waals surface area contributed by atoms with Gasteiger partial charge >= 0.3 is 0 Å². The van der Waals surface area contributed by atoms with Crippen LogP contribution in [-0.4, -0.2) is 39.3 Å². The van der Waals surface area contributed by atoms with E-state index in [2.05, 4.69) is 16.6 Å². The molecule has 1 saturated heterocycles. The van der Waals surface area contributed by atoms with Crippen molar-refractivity contribution in [2.24, 2.45) is 11.8 Å². The van der Waals surface area contributed by atoms with Gasteiger partial charge in [0, 0.05) is 33.4 Å². The number of ketones is 1. The lowest BCUT2D eigenvalue weighted by atomic mass is 9.85. The molecule has 1 atom stereocenters. The Morgan fingerprint density at radius 2 is 1.89 bits per heavy atom. The van der Waals surface area contributed by atoms with Crippen LogP contribution in [-0.2, 0) is 14.3 Å². The molecule has 18 heavy (non-hydrogen) atoms. The highest BCUT2D eigenvalue weighted by Gasteiger charge is 2.29. The van der Waals surface area contributed by atoms with E-state index in [0.717, 1.165) is 26.1 Å². The summed E-state index contributed by atoms with van der Waals surface area (Å²) in [6, 6.07) is -0.0774. The smallest absolute Gasteiger partial charge is 0.157 e. The topological polar surface area (TPSA) is 47.6 Å². The van der Waals surface area contributed by atoms with Gasteiger partial charge in [-0.25, -0.2) is 0 Å². The molecule has 1 rings (SSSR count). The zero-order chi connectivity index (χ0) is 14.0. The first kappa shape index (κ1) is 17.1. The fourth-order valence-electron chi connectivity index (χ4n) is 1.99. The average molecular weight is 257 g/mol. The maximum Gasteiger partial charge on any atom is 0.157 e. The van der Waals surface area contributed by atoms with Crippen molar-refractivity contribution in [2.45, 2.75) is 32.7 Å². The van der Waals surface area contributed by atoms with Gasteiger partial charge in [-0.15, -0.1) is 0 Å². The zero-order valence-electron chi connectivity index (χ0n) is 12.1. The molecule has 1 heterocycles. The van der Waals surface area contributed by atoms with Crippen molar-refractivity contribution in [1.29, 1.82) is 0 Å². The number of carbonyl (C=O) groups excluding carboxylic acids is 1. The number of ether oxygens (including phenoxy) is 2. The first-order valence-corrected chi connectivity index (χ1v) is 6.47. The summed E-state index contributed by atoms with van der Waals surface area (Å²) >= 11 is 0. The standard InChI is InChI=1S/C12H21NO2.C2H6O/c1-4-13-11(12(14)9(2)3)10-5-7-15-8-6-10;1-3-2/h4,9-11,13H,1,5-8H2,2-3H3;1-2H3. The van der Waals surface area contributed by atoms with Gasteiger partial charge in [-0.1, -0.05) is 20.4 Å². The quantitative estimate of drug-likeness (QED) is 0.818. The third-order valence-corrected chi connectivity index (χ3v) is 2.91. The van der Waals surface area contributed by atoms with Crippen LogP contribution in [0.5, 0.6) is 0 Å². The van der Waals surface area contributed by atoms with Gasteiger partial charge in [0.15, 0.2) is 5.78 Å². The van der Waals surface area contributed by atoms with Crippen LogP contribution in [0.25, 0.3) is 0 Å². The molecule has 1 aliphatic rings. The van der Waals surface area contributed by atoms with Gasteiger partial charge < -0.3 is 14.8 Å². The number of methoxy groups -OCH3 is 1. The van der Waals surface area contributed by atoms with Crippen LogP contribution in [0.1, 0.15) is 26.7 Å². The summed E-state index contributed by atoms with van der Waals surface area (Å²) in [4.78, 5) is 12.0. The molecule has 106 valence electrons. The van der Waals surface area contributed by atoms with Gasteiger partial charge in [0.2, 0.25) is 0 Å². The molecule has 0 spiro atoms. The summed E-state index contributed by atoms with van der Waals surface area (Å²) in [5, 5.41) is 3.09. The molecule has 0 radical (unpaired) electrons. The molecule has 0 aromatic heterocycles. The molecular formula is C14H27NO3. The van der Waals surface area contributed by atoms with E-state index in [4.69, 9.17) is 4.74 Å². The van der Waals surface area contributed by atoms with Crippen molar-refractivity contribution in [3.05, 3.63) is 12.8 Å². The summed E-state index contributed by atoms with van der Waals surface area (Å²) in [5.41, 5.74) is 0. The van der Waals surface area contributed by atoms with E-state index < -0.39 is 0 Å². The summed E-state index contributed by atoms with van der Waals surface area (Å²) in [6.07, 6.45) is 3.55. The minimum Gasteiger partial charge on any atom is -0.388 e. The minimum atomic E-state index is -0.0774. The van der Waals surface area contributed by atoms with Crippen molar-refractivity contribution in [3.8, 4) is 0 Å². The number of rotatable bonds is 5. The van der Waals surface area contributed by atoms with Crippen molar-refractivity contribution < 1.29 is 14.3 Å². The number of hydrogen-bond donors (Lipinski definition) is 1. The van der Waals surface area contributed by atoms with Gasteiger partial charge in [0.25, 0.3) is 0 Å². The van der Waals surface area contributed by atoms with Crippen molar-refractivity contribution in [3.63, 3.8) is 0 Å². The summed E-state index contributed by atoms with van der Waals surface area (Å²) in [6.45, 7) is 9.07. The molecule has 0 saturated carbocycles. The second kappa shape index (κ2) is 10.1. The number of nitrogens with one attached hydrogen (secondary N) is 1. The van der Waals surface area contributed by atoms with Gasteiger partial charge in [-0.3, -0.25) is 4.79 Å². The Bertz CT molecular complexity index is 235. The van der Waals surface area contributed by atoms with Crippen LogP contribution >= 0.6 is 0 Å². The highest BCUT2D eigenvalue weighted by Crippen LogP contribution is 2.21. The van der Waals surface area contributed by atoms with Crippen LogP contribution < -0.4 is 5.32 Å². The number of hydrogen-bond acceptors (Lipinski definition) is 4. The molecule has 0 amide bonds. The van der Waals surface area contributed by atoms with Crippen molar-refractivity contribution >= 4 is 5.78 Å². The van der Waals surface area contributed by atoms with E-state index >= 15 is 0 Å². The number of carbonyl (C=O) groups is 1. The van der Waals surface area contributed by atoms with E-state index in [1.165, 1.54) is 0 Å². The van der Waals surface area contributed by atoms with E-state index in [1.807, 2.05) is 13.8 Å². The molecule has 1 fully saturated rings. The lowest BCUT2D eigenvalue weighted by Gasteiger charge is -2.30. The minimum absolute atomic E-state index is 0.0743. The molecule has 0 aromatic carbocycles. The molecule has 1 unspecified atom stereocenters. The molecule has 4 nitrogen and oxygen atoms in total. The fraction of sp³-hybridized carbons (Fsp3) is 0.786. The van der Waals surface area contributed by atoms with Crippen LogP contribution in [0, 0.1) is 11.8 Å². The maximum atomic E-state index is 12.0. The van der Waals surface area contributed by atoms with Gasteiger partial charge in [-0.05, 0) is 25.0 Å². The normalized spacial score (nSPS) is 17.6. The molecule has 0 aromatic rings. The van der Waals surface area contributed by atoms with Crippen LogP contribution in [0.4, 0.5) is 0 Å². The lowest BCUT2D eigenvalue weighted by Crippen LogP contribution is -2.44. The summed E-state index contributed by atoms with van der Waals surface area (Å²) in [7, 11) is 3.25. The number of Topliss-reactive ketones (excluding diaryl/α,β-unsaturated/α-hetero) is 1. The van der Waals surface area contributed by atoms with Gasteiger partial charge in [-0.2, -0.15) is 0 Å². The Hall–Kier alpha value is -0.870. The summed E-state index contributed by atoms with van der Waals surface area (Å²) in [5.74, 6) is 0.749. The van der Waals surface area contributed by atoms with Crippen LogP contribution in [0.3, 0.4) is 0 Å². The monoisotopic (exact) mass is 257 g/mol. The van der Waals surface area contributed by atoms with Crippen LogP contribution in [0.2, 0.25) is 0 Å². The van der Waals surface area contributed by atoms with E-state index in [9.17, 15) is 4.79 Å². The second-order valence-corrected chi connectivity index (χ2v) is 4.76. The maximum absolute atomic E-state index is 12.0. The largest absolute Gasteiger partial charge is 0.388 e. The third kappa shape index (κ3) is 6.17. The Morgan fingerprint density at radius 3 is 2.28 bits per heavy atom. The molecular weight excluding hydrogens is 230 g/mol. The SMILES string of the molecule is C=CNC(C(=O)C(C)C)C1CCOCC1.COC. The van der Waals surface area contributed by atoms with Crippen LogP contribution in [0.15, 0.2) is 12.8 Å². The van der Waals surface area contributed by atoms with E-state index in [-0.39, 0.29) is 17.7 Å². The Kier molecular flexibility index (Phi) is 9.60. The highest BCUT2D eigenvalue weighted by molar-refractivity contribution is 5.86. The second-order valence-electron chi connectivity index (χ2n) is 4.76. The predicted molar refractivity (Wildman–Crippen MR) is 73.4 cm³/mol. The van der Waals surface area contributed by atoms with E-state index in [1.54, 1.807) is 20.4 Å². The molecule has 4 heteroatoms.